The second kappa shape index (κ2) is 7.97. The minimum absolute atomic E-state index is 0.307. The maximum atomic E-state index is 4.50. The number of pyridine rings is 1. The van der Waals surface area contributed by atoms with Gasteiger partial charge in [0.25, 0.3) is 0 Å². The Bertz CT molecular complexity index is 542. The van der Waals surface area contributed by atoms with Crippen LogP contribution in [-0.4, -0.2) is 17.3 Å². The van der Waals surface area contributed by atoms with E-state index in [1.807, 2.05) is 31.1 Å². The Morgan fingerprint density at radius 3 is 2.33 bits per heavy atom. The molecule has 2 atom stereocenters. The van der Waals surface area contributed by atoms with Gasteiger partial charge in [0, 0.05) is 22.0 Å². The molecule has 2 aromatic rings. The van der Waals surface area contributed by atoms with E-state index < -0.39 is 0 Å². The number of halogens is 1. The molecule has 1 N–H and O–H groups in total. The molecule has 0 radical (unpaired) electrons. The first kappa shape index (κ1) is 16.5. The zero-order valence-corrected chi connectivity index (χ0v) is 15.0. The zero-order chi connectivity index (χ0) is 15.2. The second-order valence-electron chi connectivity index (χ2n) is 5.32. The molecule has 0 saturated carbocycles. The molecule has 2 nitrogen and oxygen atoms in total. The Labute approximate surface area is 139 Å². The molecule has 21 heavy (non-hydrogen) atoms. The first-order valence-corrected chi connectivity index (χ1v) is 8.79. The van der Waals surface area contributed by atoms with Gasteiger partial charge in [0.15, 0.2) is 0 Å². The lowest BCUT2D eigenvalue weighted by Crippen LogP contribution is -2.31. The van der Waals surface area contributed by atoms with Crippen molar-refractivity contribution >= 4 is 27.7 Å². The number of benzene rings is 1. The zero-order valence-electron chi connectivity index (χ0n) is 12.6. The molecule has 0 aliphatic carbocycles. The lowest BCUT2D eigenvalue weighted by Gasteiger charge is -2.29. The number of thioether (sulfide) groups is 1. The molecule has 1 aromatic heterocycles. The van der Waals surface area contributed by atoms with Crippen molar-refractivity contribution in [2.24, 2.45) is 5.92 Å². The minimum atomic E-state index is 0.307. The quantitative estimate of drug-likeness (QED) is 0.736. The van der Waals surface area contributed by atoms with Gasteiger partial charge in [0.1, 0.15) is 0 Å². The van der Waals surface area contributed by atoms with Gasteiger partial charge in [-0.2, -0.15) is 0 Å². The fourth-order valence-corrected chi connectivity index (χ4v) is 3.82. The second-order valence-corrected chi connectivity index (χ2v) is 7.43. The largest absolute Gasteiger partial charge is 0.312 e. The third-order valence-corrected chi connectivity index (χ3v) is 5.45. The van der Waals surface area contributed by atoms with Gasteiger partial charge in [0.05, 0.1) is 5.03 Å². The fraction of sp³-hybridized carbons (Fsp3) is 0.353. The van der Waals surface area contributed by atoms with Crippen molar-refractivity contribution < 1.29 is 0 Å². The molecule has 0 fully saturated rings. The summed E-state index contributed by atoms with van der Waals surface area (Å²) < 4.78 is 1.01. The number of nitrogens with one attached hydrogen (secondary N) is 1. The van der Waals surface area contributed by atoms with Crippen LogP contribution in [0.1, 0.15) is 25.5 Å². The smallest absolute Gasteiger partial charge is 0.0964 e. The van der Waals surface area contributed by atoms with Crippen molar-refractivity contribution in [2.75, 3.05) is 7.05 Å². The third kappa shape index (κ3) is 4.56. The standard InChI is InChI=1S/C17H21BrN2S/c1-12(2)17(21-15-10-9-14(18)11-20-15)16(19-3)13-7-5-4-6-8-13/h4-12,16-17,19H,1-3H3. The van der Waals surface area contributed by atoms with Gasteiger partial charge in [-0.15, -0.1) is 11.8 Å². The SMILES string of the molecule is CNC(c1ccccc1)C(Sc1ccc(Br)cn1)C(C)C. The molecular weight excluding hydrogens is 344 g/mol. The third-order valence-electron chi connectivity index (χ3n) is 3.41. The van der Waals surface area contributed by atoms with Crippen LogP contribution in [0.2, 0.25) is 0 Å². The summed E-state index contributed by atoms with van der Waals surface area (Å²) in [5.74, 6) is 0.540. The summed E-state index contributed by atoms with van der Waals surface area (Å²) in [5, 5.41) is 4.96. The van der Waals surface area contributed by atoms with Gasteiger partial charge in [-0.25, -0.2) is 4.98 Å². The van der Waals surface area contributed by atoms with Gasteiger partial charge < -0.3 is 5.32 Å². The number of hydrogen-bond acceptors (Lipinski definition) is 3. The van der Waals surface area contributed by atoms with E-state index in [-0.39, 0.29) is 0 Å². The maximum Gasteiger partial charge on any atom is 0.0964 e. The van der Waals surface area contributed by atoms with Crippen LogP contribution >= 0.6 is 27.7 Å². The highest BCUT2D eigenvalue weighted by molar-refractivity contribution is 9.10. The van der Waals surface area contributed by atoms with Gasteiger partial charge in [-0.05, 0) is 46.6 Å². The summed E-state index contributed by atoms with van der Waals surface area (Å²) in [6.07, 6.45) is 1.86. The molecule has 0 aliphatic heterocycles. The lowest BCUT2D eigenvalue weighted by atomic mass is 9.96. The Balaban J connectivity index is 2.22. The molecule has 0 aliphatic rings. The van der Waals surface area contributed by atoms with Crippen LogP contribution in [-0.2, 0) is 0 Å². The van der Waals surface area contributed by atoms with E-state index in [1.54, 1.807) is 0 Å². The van der Waals surface area contributed by atoms with Crippen molar-refractivity contribution in [1.29, 1.82) is 0 Å². The highest BCUT2D eigenvalue weighted by Gasteiger charge is 2.26. The van der Waals surface area contributed by atoms with E-state index in [0.29, 0.717) is 17.2 Å². The number of nitrogens with zero attached hydrogens (tertiary/aromatic N) is 1. The number of rotatable bonds is 6. The van der Waals surface area contributed by atoms with Crippen LogP contribution in [0.4, 0.5) is 0 Å². The first-order valence-electron chi connectivity index (χ1n) is 7.12. The molecule has 1 aromatic carbocycles. The molecular formula is C17H21BrN2S. The summed E-state index contributed by atoms with van der Waals surface area (Å²) in [6.45, 7) is 4.54. The van der Waals surface area contributed by atoms with Gasteiger partial charge in [0.2, 0.25) is 0 Å². The van der Waals surface area contributed by atoms with Crippen molar-refractivity contribution in [2.45, 2.75) is 30.2 Å². The summed E-state index contributed by atoms with van der Waals surface area (Å²) >= 11 is 5.27. The van der Waals surface area contributed by atoms with E-state index in [4.69, 9.17) is 0 Å². The van der Waals surface area contributed by atoms with E-state index in [9.17, 15) is 0 Å². The predicted octanol–water partition coefficient (Wildman–Crippen LogP) is 4.92. The Morgan fingerprint density at radius 1 is 1.10 bits per heavy atom. The van der Waals surface area contributed by atoms with Crippen LogP contribution in [0.5, 0.6) is 0 Å². The molecule has 4 heteroatoms. The molecule has 2 rings (SSSR count). The summed E-state index contributed by atoms with van der Waals surface area (Å²) in [6, 6.07) is 15.1. The monoisotopic (exact) mass is 364 g/mol. The van der Waals surface area contributed by atoms with Gasteiger partial charge >= 0.3 is 0 Å². The summed E-state index contributed by atoms with van der Waals surface area (Å²) in [5.41, 5.74) is 1.32. The van der Waals surface area contributed by atoms with Crippen LogP contribution < -0.4 is 5.32 Å². The predicted molar refractivity (Wildman–Crippen MR) is 94.7 cm³/mol. The van der Waals surface area contributed by atoms with E-state index in [2.05, 4.69) is 76.5 Å². The van der Waals surface area contributed by atoms with Crippen LogP contribution in [0.3, 0.4) is 0 Å². The summed E-state index contributed by atoms with van der Waals surface area (Å²) in [7, 11) is 2.03. The molecule has 0 amide bonds. The van der Waals surface area contributed by atoms with Gasteiger partial charge in [-0.1, -0.05) is 44.2 Å². The Hall–Kier alpha value is -0.840. The van der Waals surface area contributed by atoms with Crippen molar-refractivity contribution in [1.82, 2.24) is 10.3 Å². The Morgan fingerprint density at radius 2 is 1.81 bits per heavy atom. The molecule has 2 unspecified atom stereocenters. The average molecular weight is 365 g/mol. The topological polar surface area (TPSA) is 24.9 Å². The molecule has 0 bridgehead atoms. The van der Waals surface area contributed by atoms with E-state index in [0.717, 1.165) is 9.50 Å². The number of hydrogen-bond donors (Lipinski definition) is 1. The van der Waals surface area contributed by atoms with E-state index in [1.165, 1.54) is 5.56 Å². The molecule has 1 heterocycles. The first-order chi connectivity index (χ1) is 10.1. The fourth-order valence-electron chi connectivity index (χ4n) is 2.34. The average Bonchev–Trinajstić information content (AvgIpc) is 2.50. The van der Waals surface area contributed by atoms with Crippen molar-refractivity contribution in [3.05, 3.63) is 58.7 Å². The van der Waals surface area contributed by atoms with E-state index >= 15 is 0 Å². The lowest BCUT2D eigenvalue weighted by molar-refractivity contribution is 0.472. The number of aromatic nitrogens is 1. The molecule has 112 valence electrons. The minimum Gasteiger partial charge on any atom is -0.312 e. The molecule has 0 saturated heterocycles. The van der Waals surface area contributed by atoms with Gasteiger partial charge in [-0.3, -0.25) is 0 Å². The highest BCUT2D eigenvalue weighted by atomic mass is 79.9. The Kier molecular flexibility index (Phi) is 6.27. The maximum absolute atomic E-state index is 4.50. The molecule has 0 spiro atoms. The summed E-state index contributed by atoms with van der Waals surface area (Å²) in [4.78, 5) is 4.50. The van der Waals surface area contributed by atoms with Crippen molar-refractivity contribution in [3.63, 3.8) is 0 Å². The van der Waals surface area contributed by atoms with Crippen LogP contribution in [0.25, 0.3) is 0 Å². The van der Waals surface area contributed by atoms with Crippen LogP contribution in [0.15, 0.2) is 58.2 Å². The van der Waals surface area contributed by atoms with Crippen molar-refractivity contribution in [3.8, 4) is 0 Å². The normalized spacial score (nSPS) is 14.1. The van der Waals surface area contributed by atoms with Crippen LogP contribution in [0, 0.1) is 5.92 Å². The highest BCUT2D eigenvalue weighted by Crippen LogP contribution is 2.36.